The molecule has 0 radical (unpaired) electrons. The van der Waals surface area contributed by atoms with Gasteiger partial charge in [-0.2, -0.15) is 0 Å². The lowest BCUT2D eigenvalue weighted by Crippen LogP contribution is -2.56. The number of carbonyl (C=O) groups excluding carboxylic acids is 2. The Morgan fingerprint density at radius 2 is 1.04 bits per heavy atom. The smallest absolute Gasteiger partial charge is 0.331 e. The first-order valence-electron chi connectivity index (χ1n) is 8.38. The summed E-state index contributed by atoms with van der Waals surface area (Å²) in [7, 11) is 0. The Balaban J connectivity index is 4.92. The number of Topliss-reactive ketones (excluding diaryl/α,β-unsaturated/α-hetero) is 2. The molecule has 0 aromatic heterocycles. The van der Waals surface area contributed by atoms with E-state index in [1.165, 1.54) is 0 Å². The molecule has 0 aromatic carbocycles. The fraction of sp³-hybridized carbons (Fsp3) is 0.765. The Bertz CT molecular complexity index is 485. The number of carboxylic acid groups (broad SMARTS) is 2. The van der Waals surface area contributed by atoms with Gasteiger partial charge in [0, 0.05) is 12.8 Å². The minimum absolute atomic E-state index is 0.00627. The van der Waals surface area contributed by atoms with E-state index in [9.17, 15) is 29.4 Å². The van der Waals surface area contributed by atoms with Crippen LogP contribution in [0.2, 0.25) is 0 Å². The van der Waals surface area contributed by atoms with Crippen LogP contribution in [0, 0.1) is 11.8 Å². The normalized spacial score (nSPS) is 16.3. The molecule has 0 bridgehead atoms. The molecule has 144 valence electrons. The first-order valence-corrected chi connectivity index (χ1v) is 8.38. The third-order valence-corrected chi connectivity index (χ3v) is 4.03. The van der Waals surface area contributed by atoms with E-state index >= 15 is 0 Å². The number of ketones is 2. The van der Waals surface area contributed by atoms with Crippen LogP contribution in [0.5, 0.6) is 0 Å². The zero-order valence-corrected chi connectivity index (χ0v) is 15.4. The van der Waals surface area contributed by atoms with Crippen molar-refractivity contribution in [3.05, 3.63) is 0 Å². The van der Waals surface area contributed by atoms with Crippen LogP contribution in [0.15, 0.2) is 0 Å². The lowest BCUT2D eigenvalue weighted by molar-refractivity contribution is -0.150. The van der Waals surface area contributed by atoms with Crippen molar-refractivity contribution in [3.63, 3.8) is 0 Å². The molecule has 0 aliphatic rings. The van der Waals surface area contributed by atoms with Crippen molar-refractivity contribution in [1.29, 1.82) is 0 Å². The van der Waals surface area contributed by atoms with Crippen LogP contribution in [0.25, 0.3) is 0 Å². The first-order chi connectivity index (χ1) is 11.3. The average molecular weight is 358 g/mol. The number of carbonyl (C=O) groups is 4. The largest absolute Gasteiger partial charge is 0.480 e. The van der Waals surface area contributed by atoms with Gasteiger partial charge in [0.1, 0.15) is 0 Å². The van der Waals surface area contributed by atoms with Crippen LogP contribution < -0.4 is 11.5 Å². The highest BCUT2D eigenvalue weighted by molar-refractivity contribution is 6.09. The molecular formula is C17H30N2O6. The maximum atomic E-state index is 12.2. The summed E-state index contributed by atoms with van der Waals surface area (Å²) in [6.07, 6.45) is -0.472. The number of hydrogen-bond donors (Lipinski definition) is 4. The molecule has 0 fully saturated rings. The summed E-state index contributed by atoms with van der Waals surface area (Å²) >= 11 is 0. The molecule has 0 rings (SSSR count). The van der Waals surface area contributed by atoms with Crippen molar-refractivity contribution in [1.82, 2.24) is 0 Å². The highest BCUT2D eigenvalue weighted by atomic mass is 16.4. The zero-order chi connectivity index (χ0) is 20.0. The van der Waals surface area contributed by atoms with Gasteiger partial charge in [0.15, 0.2) is 22.6 Å². The minimum atomic E-state index is -2.00. The molecule has 0 saturated carbocycles. The molecule has 0 saturated heterocycles. The Labute approximate surface area is 147 Å². The quantitative estimate of drug-likeness (QED) is 0.375. The molecule has 0 heterocycles. The van der Waals surface area contributed by atoms with Crippen molar-refractivity contribution in [3.8, 4) is 0 Å². The molecule has 8 heteroatoms. The minimum Gasteiger partial charge on any atom is -0.480 e. The molecule has 0 aliphatic heterocycles. The second-order valence-corrected chi connectivity index (χ2v) is 7.45. The first kappa shape index (κ1) is 23.2. The van der Waals surface area contributed by atoms with E-state index in [1.54, 1.807) is 27.7 Å². The molecule has 0 amide bonds. The maximum absolute atomic E-state index is 12.2. The topological polar surface area (TPSA) is 161 Å². The molecule has 0 aliphatic carbocycles. The van der Waals surface area contributed by atoms with E-state index < -0.39 is 34.6 Å². The van der Waals surface area contributed by atoms with Crippen LogP contribution in [-0.2, 0) is 19.2 Å². The van der Waals surface area contributed by atoms with Gasteiger partial charge in [0.25, 0.3) is 0 Å². The van der Waals surface area contributed by atoms with Gasteiger partial charge in [-0.1, -0.05) is 27.7 Å². The molecule has 25 heavy (non-hydrogen) atoms. The van der Waals surface area contributed by atoms with Crippen LogP contribution in [-0.4, -0.2) is 44.8 Å². The highest BCUT2D eigenvalue weighted by Crippen LogP contribution is 2.21. The van der Waals surface area contributed by atoms with E-state index in [2.05, 4.69) is 0 Å². The fourth-order valence-corrected chi connectivity index (χ4v) is 2.78. The summed E-state index contributed by atoms with van der Waals surface area (Å²) in [5, 5.41) is 18.5. The van der Waals surface area contributed by atoms with Crippen LogP contribution in [0.1, 0.15) is 59.8 Å². The Hall–Kier alpha value is -1.80. The van der Waals surface area contributed by atoms with Crippen molar-refractivity contribution in [2.45, 2.75) is 70.9 Å². The summed E-state index contributed by atoms with van der Waals surface area (Å²) in [5.74, 6) is -4.36. The van der Waals surface area contributed by atoms with E-state index in [0.29, 0.717) is 0 Å². The SMILES string of the molecule is CC(C)C[C@](N)(C(=O)O)C(=O)CCCC(=O)[C@](N)(CC(C)C)C(=O)O. The van der Waals surface area contributed by atoms with Gasteiger partial charge in [-0.15, -0.1) is 0 Å². The third-order valence-electron chi connectivity index (χ3n) is 4.03. The van der Waals surface area contributed by atoms with Gasteiger partial charge >= 0.3 is 11.9 Å². The summed E-state index contributed by atoms with van der Waals surface area (Å²) in [6, 6.07) is 0. The lowest BCUT2D eigenvalue weighted by Gasteiger charge is -2.26. The van der Waals surface area contributed by atoms with Crippen LogP contribution in [0.4, 0.5) is 0 Å². The highest BCUT2D eigenvalue weighted by Gasteiger charge is 2.43. The van der Waals surface area contributed by atoms with Gasteiger partial charge in [0.05, 0.1) is 0 Å². The van der Waals surface area contributed by atoms with Crippen molar-refractivity contribution >= 4 is 23.5 Å². The summed E-state index contributed by atoms with van der Waals surface area (Å²) in [4.78, 5) is 47.1. The molecule has 0 spiro atoms. The van der Waals surface area contributed by atoms with Gasteiger partial charge < -0.3 is 21.7 Å². The van der Waals surface area contributed by atoms with Crippen molar-refractivity contribution < 1.29 is 29.4 Å². The Kier molecular flexibility index (Phi) is 8.40. The summed E-state index contributed by atoms with van der Waals surface area (Å²) in [5.41, 5.74) is 7.50. The summed E-state index contributed by atoms with van der Waals surface area (Å²) in [6.45, 7) is 7.01. The van der Waals surface area contributed by atoms with Gasteiger partial charge in [0.2, 0.25) is 0 Å². The standard InChI is InChI=1S/C17H30N2O6/c1-10(2)8-16(18,14(22)23)12(20)6-5-7-13(21)17(19,15(24)25)9-11(3)4/h10-11H,5-9,18-19H2,1-4H3,(H,22,23)(H,24,25)/t16-,17-/m1/s1. The number of aliphatic carboxylic acids is 2. The number of carboxylic acids is 2. The van der Waals surface area contributed by atoms with E-state index in [4.69, 9.17) is 11.5 Å². The number of hydrogen-bond acceptors (Lipinski definition) is 6. The molecule has 0 unspecified atom stereocenters. The predicted octanol–water partition coefficient (Wildman–Crippen LogP) is 0.951. The van der Waals surface area contributed by atoms with Crippen LogP contribution in [0.3, 0.4) is 0 Å². The monoisotopic (exact) mass is 358 g/mol. The number of rotatable bonds is 12. The fourth-order valence-electron chi connectivity index (χ4n) is 2.78. The summed E-state index contributed by atoms with van der Waals surface area (Å²) < 4.78 is 0. The van der Waals surface area contributed by atoms with E-state index in [-0.39, 0.29) is 43.9 Å². The maximum Gasteiger partial charge on any atom is 0.331 e. The predicted molar refractivity (Wildman–Crippen MR) is 91.9 cm³/mol. The average Bonchev–Trinajstić information content (AvgIpc) is 2.44. The molecular weight excluding hydrogens is 328 g/mol. The molecule has 0 aromatic rings. The van der Waals surface area contributed by atoms with Gasteiger partial charge in [-0.05, 0) is 31.1 Å². The third kappa shape index (κ3) is 6.21. The van der Waals surface area contributed by atoms with Crippen molar-refractivity contribution in [2.24, 2.45) is 23.3 Å². The van der Waals surface area contributed by atoms with Crippen LogP contribution >= 0.6 is 0 Å². The number of nitrogens with two attached hydrogens (primary N) is 2. The Morgan fingerprint density at radius 1 is 0.760 bits per heavy atom. The van der Waals surface area contributed by atoms with E-state index in [1.807, 2.05) is 0 Å². The van der Waals surface area contributed by atoms with Gasteiger partial charge in [-0.25, -0.2) is 9.59 Å². The van der Waals surface area contributed by atoms with E-state index in [0.717, 1.165) is 0 Å². The lowest BCUT2D eigenvalue weighted by atomic mass is 9.81. The second-order valence-electron chi connectivity index (χ2n) is 7.45. The second kappa shape index (κ2) is 9.05. The molecule has 2 atom stereocenters. The van der Waals surface area contributed by atoms with Gasteiger partial charge in [-0.3, -0.25) is 9.59 Å². The van der Waals surface area contributed by atoms with Crippen molar-refractivity contribution in [2.75, 3.05) is 0 Å². The zero-order valence-electron chi connectivity index (χ0n) is 15.4. The Morgan fingerprint density at radius 3 is 1.24 bits per heavy atom. The molecule has 8 nitrogen and oxygen atoms in total. The molecule has 6 N–H and O–H groups in total.